The Bertz CT molecular complexity index is 450. The fourth-order valence-corrected chi connectivity index (χ4v) is 2.45. The van der Waals surface area contributed by atoms with Crippen molar-refractivity contribution < 1.29 is 13.9 Å². The number of halogens is 2. The molecule has 0 bridgehead atoms. The molecule has 1 aliphatic rings. The van der Waals surface area contributed by atoms with Crippen molar-refractivity contribution in [1.29, 1.82) is 0 Å². The topological polar surface area (TPSA) is 41.6 Å². The summed E-state index contributed by atoms with van der Waals surface area (Å²) in [5.74, 6) is -0.558. The summed E-state index contributed by atoms with van der Waals surface area (Å²) in [5, 5.41) is 2.83. The van der Waals surface area contributed by atoms with E-state index in [1.165, 1.54) is 18.2 Å². The van der Waals surface area contributed by atoms with Crippen molar-refractivity contribution in [2.75, 3.05) is 39.4 Å². The van der Waals surface area contributed by atoms with Gasteiger partial charge < -0.3 is 10.1 Å². The molecule has 104 valence electrons. The summed E-state index contributed by atoms with van der Waals surface area (Å²) in [6, 6.07) is 4.04. The number of rotatable bonds is 4. The summed E-state index contributed by atoms with van der Waals surface area (Å²) >= 11 is 3.19. The van der Waals surface area contributed by atoms with Crippen LogP contribution in [0.4, 0.5) is 4.39 Å². The third kappa shape index (κ3) is 4.26. The van der Waals surface area contributed by atoms with E-state index in [-0.39, 0.29) is 11.7 Å². The lowest BCUT2D eigenvalue weighted by atomic mass is 10.2. The van der Waals surface area contributed by atoms with Crippen molar-refractivity contribution in [3.8, 4) is 0 Å². The molecule has 0 aliphatic carbocycles. The van der Waals surface area contributed by atoms with Gasteiger partial charge in [-0.3, -0.25) is 9.69 Å². The van der Waals surface area contributed by atoms with E-state index in [4.69, 9.17) is 4.74 Å². The Balaban J connectivity index is 1.80. The van der Waals surface area contributed by atoms with E-state index in [2.05, 4.69) is 26.1 Å². The summed E-state index contributed by atoms with van der Waals surface area (Å²) < 4.78 is 18.6. The van der Waals surface area contributed by atoms with Gasteiger partial charge in [-0.05, 0) is 34.1 Å². The van der Waals surface area contributed by atoms with E-state index in [0.717, 1.165) is 32.8 Å². The number of hydrogen-bond acceptors (Lipinski definition) is 3. The molecule has 0 saturated carbocycles. The van der Waals surface area contributed by atoms with Gasteiger partial charge in [0.05, 0.1) is 18.8 Å². The van der Waals surface area contributed by atoms with Gasteiger partial charge in [-0.25, -0.2) is 4.39 Å². The number of hydrogen-bond donors (Lipinski definition) is 1. The zero-order valence-electron chi connectivity index (χ0n) is 10.5. The molecule has 0 radical (unpaired) electrons. The van der Waals surface area contributed by atoms with Crippen molar-refractivity contribution in [3.05, 3.63) is 34.1 Å². The summed E-state index contributed by atoms with van der Waals surface area (Å²) in [5.41, 5.74) is 0.448. The average molecular weight is 331 g/mol. The molecule has 1 fully saturated rings. The number of benzene rings is 1. The lowest BCUT2D eigenvalue weighted by Crippen LogP contribution is -2.41. The zero-order valence-corrected chi connectivity index (χ0v) is 12.1. The molecular weight excluding hydrogens is 315 g/mol. The molecule has 0 unspecified atom stereocenters. The normalized spacial score (nSPS) is 16.3. The molecule has 1 aromatic rings. The SMILES string of the molecule is O=C(NCCN1CCOCC1)c1ccc(F)cc1Br. The molecule has 1 saturated heterocycles. The molecule has 1 aromatic carbocycles. The number of carbonyl (C=O) groups excluding carboxylic acids is 1. The van der Waals surface area contributed by atoms with Crippen LogP contribution in [0.5, 0.6) is 0 Å². The number of ether oxygens (including phenoxy) is 1. The molecule has 1 heterocycles. The quantitative estimate of drug-likeness (QED) is 0.912. The summed E-state index contributed by atoms with van der Waals surface area (Å²) in [7, 11) is 0. The van der Waals surface area contributed by atoms with Crippen LogP contribution in [0.25, 0.3) is 0 Å². The van der Waals surface area contributed by atoms with Crippen molar-refractivity contribution in [1.82, 2.24) is 10.2 Å². The highest BCUT2D eigenvalue weighted by molar-refractivity contribution is 9.10. The van der Waals surface area contributed by atoms with Gasteiger partial charge in [0.2, 0.25) is 0 Å². The molecule has 0 spiro atoms. The monoisotopic (exact) mass is 330 g/mol. The first-order valence-electron chi connectivity index (χ1n) is 6.20. The van der Waals surface area contributed by atoms with Gasteiger partial charge >= 0.3 is 0 Å². The minimum Gasteiger partial charge on any atom is -0.379 e. The first-order valence-corrected chi connectivity index (χ1v) is 6.99. The summed E-state index contributed by atoms with van der Waals surface area (Å²) in [6.45, 7) is 4.66. The smallest absolute Gasteiger partial charge is 0.252 e. The third-order valence-corrected chi connectivity index (χ3v) is 3.65. The minimum atomic E-state index is -0.364. The van der Waals surface area contributed by atoms with Crippen LogP contribution < -0.4 is 5.32 Å². The molecule has 6 heteroatoms. The van der Waals surface area contributed by atoms with E-state index in [0.29, 0.717) is 16.6 Å². The molecule has 1 amide bonds. The van der Waals surface area contributed by atoms with Crippen molar-refractivity contribution in [2.45, 2.75) is 0 Å². The van der Waals surface area contributed by atoms with E-state index in [1.54, 1.807) is 0 Å². The number of amides is 1. The Hall–Kier alpha value is -0.980. The van der Waals surface area contributed by atoms with E-state index in [1.807, 2.05) is 0 Å². The second-order valence-electron chi connectivity index (χ2n) is 4.33. The molecule has 0 atom stereocenters. The number of carbonyl (C=O) groups is 1. The second-order valence-corrected chi connectivity index (χ2v) is 5.19. The largest absolute Gasteiger partial charge is 0.379 e. The van der Waals surface area contributed by atoms with Gasteiger partial charge in [-0.15, -0.1) is 0 Å². The number of morpholine rings is 1. The first kappa shape index (κ1) is 14.4. The highest BCUT2D eigenvalue weighted by Crippen LogP contribution is 2.17. The van der Waals surface area contributed by atoms with Crippen molar-refractivity contribution in [3.63, 3.8) is 0 Å². The van der Waals surface area contributed by atoms with E-state index in [9.17, 15) is 9.18 Å². The standard InChI is InChI=1S/C13H16BrFN2O2/c14-12-9-10(15)1-2-11(12)13(18)16-3-4-17-5-7-19-8-6-17/h1-2,9H,3-8H2,(H,16,18). The lowest BCUT2D eigenvalue weighted by Gasteiger charge is -2.26. The number of nitrogens with zero attached hydrogens (tertiary/aromatic N) is 1. The van der Waals surface area contributed by atoms with Crippen LogP contribution in [0.15, 0.2) is 22.7 Å². The minimum absolute atomic E-state index is 0.194. The maximum atomic E-state index is 12.9. The molecule has 19 heavy (non-hydrogen) atoms. The van der Waals surface area contributed by atoms with Gasteiger partial charge in [0.25, 0.3) is 5.91 Å². The van der Waals surface area contributed by atoms with Gasteiger partial charge in [-0.1, -0.05) is 0 Å². The average Bonchev–Trinajstić information content (AvgIpc) is 2.39. The van der Waals surface area contributed by atoms with Crippen LogP contribution in [0.1, 0.15) is 10.4 Å². The van der Waals surface area contributed by atoms with Crippen molar-refractivity contribution in [2.24, 2.45) is 0 Å². The van der Waals surface area contributed by atoms with Crippen LogP contribution in [0.3, 0.4) is 0 Å². The Morgan fingerprint density at radius 1 is 1.42 bits per heavy atom. The van der Waals surface area contributed by atoms with Crippen molar-refractivity contribution >= 4 is 21.8 Å². The van der Waals surface area contributed by atoms with Crippen LogP contribution in [-0.4, -0.2) is 50.2 Å². The zero-order chi connectivity index (χ0) is 13.7. The molecular formula is C13H16BrFN2O2. The first-order chi connectivity index (χ1) is 9.16. The highest BCUT2D eigenvalue weighted by Gasteiger charge is 2.12. The van der Waals surface area contributed by atoms with Gasteiger partial charge in [-0.2, -0.15) is 0 Å². The van der Waals surface area contributed by atoms with Crippen LogP contribution in [0.2, 0.25) is 0 Å². The summed E-state index contributed by atoms with van der Waals surface area (Å²) in [4.78, 5) is 14.2. The second kappa shape index (κ2) is 6.98. The van der Waals surface area contributed by atoms with Gasteiger partial charge in [0.1, 0.15) is 5.82 Å². The Kier molecular flexibility index (Phi) is 5.30. The van der Waals surface area contributed by atoms with Gasteiger partial charge in [0, 0.05) is 30.7 Å². The number of nitrogens with one attached hydrogen (secondary N) is 1. The van der Waals surface area contributed by atoms with Gasteiger partial charge in [0.15, 0.2) is 0 Å². The lowest BCUT2D eigenvalue weighted by molar-refractivity contribution is 0.0383. The van der Waals surface area contributed by atoms with E-state index < -0.39 is 0 Å². The molecule has 1 aliphatic heterocycles. The Morgan fingerprint density at radius 2 is 2.16 bits per heavy atom. The van der Waals surface area contributed by atoms with Crippen LogP contribution in [0, 0.1) is 5.82 Å². The Labute approximate surface area is 120 Å². The highest BCUT2D eigenvalue weighted by atomic mass is 79.9. The molecule has 2 rings (SSSR count). The molecule has 1 N–H and O–H groups in total. The fraction of sp³-hybridized carbons (Fsp3) is 0.462. The fourth-order valence-electron chi connectivity index (χ4n) is 1.92. The molecule has 4 nitrogen and oxygen atoms in total. The van der Waals surface area contributed by atoms with Crippen LogP contribution in [-0.2, 0) is 4.74 Å². The maximum Gasteiger partial charge on any atom is 0.252 e. The summed E-state index contributed by atoms with van der Waals surface area (Å²) in [6.07, 6.45) is 0. The molecule has 0 aromatic heterocycles. The Morgan fingerprint density at radius 3 is 2.84 bits per heavy atom. The third-order valence-electron chi connectivity index (χ3n) is 2.99. The van der Waals surface area contributed by atoms with E-state index >= 15 is 0 Å². The predicted molar refractivity (Wildman–Crippen MR) is 73.7 cm³/mol. The van der Waals surface area contributed by atoms with Crippen LogP contribution >= 0.6 is 15.9 Å². The predicted octanol–water partition coefficient (Wildman–Crippen LogP) is 1.65. The maximum absolute atomic E-state index is 12.9.